The van der Waals surface area contributed by atoms with E-state index in [-0.39, 0.29) is 23.4 Å². The van der Waals surface area contributed by atoms with Crippen LogP contribution in [0.5, 0.6) is 0 Å². The Kier molecular flexibility index (Phi) is 4.24. The number of hydrogen-bond acceptors (Lipinski definition) is 2. The molecule has 1 aromatic rings. The molecule has 2 N–H and O–H groups in total. The average Bonchev–Trinajstić information content (AvgIpc) is 2.94. The Balaban J connectivity index is 1.46. The molecule has 4 rings (SSSR count). The standard InChI is InChI=1S/C22H31N3O2/c1-14(26)23-18-7-5-6-15-13-25(11-9-17(15)18)20(27)24-19-12-16-8-10-22(19,4)21(16,2)3/h5-7,16,19H,8-13H2,1-4H3,(H,23,26)(H,24,27)/t16-,19-,22-/m1/s1. The van der Waals surface area contributed by atoms with Crippen LogP contribution in [0.4, 0.5) is 10.5 Å². The predicted octanol–water partition coefficient (Wildman–Crippen LogP) is 3.93. The molecule has 5 nitrogen and oxygen atoms in total. The molecule has 2 bridgehead atoms. The van der Waals surface area contributed by atoms with Crippen LogP contribution in [0.1, 0.15) is 58.1 Å². The minimum absolute atomic E-state index is 0.0557. The molecule has 3 amide bonds. The van der Waals surface area contributed by atoms with Gasteiger partial charge in [0, 0.05) is 31.7 Å². The molecule has 1 aromatic carbocycles. The van der Waals surface area contributed by atoms with E-state index >= 15 is 0 Å². The number of nitrogens with one attached hydrogen (secondary N) is 2. The second kappa shape index (κ2) is 6.25. The molecule has 0 spiro atoms. The van der Waals surface area contributed by atoms with E-state index in [4.69, 9.17) is 0 Å². The highest BCUT2D eigenvalue weighted by Crippen LogP contribution is 2.65. The number of fused-ring (bicyclic) bond motifs is 3. The first kappa shape index (κ1) is 18.3. The van der Waals surface area contributed by atoms with Crippen LogP contribution < -0.4 is 10.6 Å². The van der Waals surface area contributed by atoms with Gasteiger partial charge in [-0.15, -0.1) is 0 Å². The number of nitrogens with zero attached hydrogens (tertiary/aromatic N) is 1. The van der Waals surface area contributed by atoms with E-state index in [9.17, 15) is 9.59 Å². The van der Waals surface area contributed by atoms with Gasteiger partial charge in [0.05, 0.1) is 0 Å². The first-order chi connectivity index (χ1) is 12.7. The van der Waals surface area contributed by atoms with Crippen molar-refractivity contribution >= 4 is 17.6 Å². The van der Waals surface area contributed by atoms with Crippen molar-refractivity contribution in [1.82, 2.24) is 10.2 Å². The second-order valence-electron chi connectivity index (χ2n) is 9.41. The Labute approximate surface area is 161 Å². The lowest BCUT2D eigenvalue weighted by Gasteiger charge is -2.40. The first-order valence-electron chi connectivity index (χ1n) is 10.2. The van der Waals surface area contributed by atoms with Gasteiger partial charge < -0.3 is 15.5 Å². The molecule has 0 saturated heterocycles. The zero-order chi connectivity index (χ0) is 19.4. The first-order valence-corrected chi connectivity index (χ1v) is 10.2. The van der Waals surface area contributed by atoms with E-state index in [1.165, 1.54) is 19.8 Å². The highest BCUT2D eigenvalue weighted by Gasteiger charge is 2.61. The Bertz CT molecular complexity index is 788. The van der Waals surface area contributed by atoms with Crippen molar-refractivity contribution < 1.29 is 9.59 Å². The van der Waals surface area contributed by atoms with E-state index in [1.807, 2.05) is 17.0 Å². The second-order valence-corrected chi connectivity index (χ2v) is 9.41. The van der Waals surface area contributed by atoms with Crippen LogP contribution in [-0.4, -0.2) is 29.4 Å². The lowest BCUT2D eigenvalue weighted by molar-refractivity contribution is -0.114. The fourth-order valence-corrected chi connectivity index (χ4v) is 5.75. The Morgan fingerprint density at radius 3 is 2.63 bits per heavy atom. The van der Waals surface area contributed by atoms with Crippen LogP contribution in [0.25, 0.3) is 0 Å². The van der Waals surface area contributed by atoms with E-state index in [0.717, 1.165) is 35.6 Å². The van der Waals surface area contributed by atoms with Gasteiger partial charge in [-0.25, -0.2) is 4.79 Å². The minimum Gasteiger partial charge on any atom is -0.335 e. The van der Waals surface area contributed by atoms with Crippen LogP contribution in [0.3, 0.4) is 0 Å². The summed E-state index contributed by atoms with van der Waals surface area (Å²) in [6.45, 7) is 9.92. The van der Waals surface area contributed by atoms with Gasteiger partial charge >= 0.3 is 6.03 Å². The number of benzene rings is 1. The van der Waals surface area contributed by atoms with E-state index in [2.05, 4.69) is 37.5 Å². The zero-order valence-corrected chi connectivity index (χ0v) is 16.9. The topological polar surface area (TPSA) is 61.4 Å². The summed E-state index contributed by atoms with van der Waals surface area (Å²) in [5.74, 6) is 0.658. The van der Waals surface area contributed by atoms with Crippen LogP contribution in [-0.2, 0) is 17.8 Å². The number of anilines is 1. The smallest absolute Gasteiger partial charge is 0.317 e. The Morgan fingerprint density at radius 1 is 1.22 bits per heavy atom. The fraction of sp³-hybridized carbons (Fsp3) is 0.636. The summed E-state index contributed by atoms with van der Waals surface area (Å²) in [6, 6.07) is 6.27. The molecule has 1 heterocycles. The van der Waals surface area contributed by atoms with Crippen molar-refractivity contribution in [1.29, 1.82) is 0 Å². The van der Waals surface area contributed by atoms with Gasteiger partial charge in [0.25, 0.3) is 0 Å². The predicted molar refractivity (Wildman–Crippen MR) is 106 cm³/mol. The maximum Gasteiger partial charge on any atom is 0.317 e. The van der Waals surface area contributed by atoms with Crippen LogP contribution in [0.2, 0.25) is 0 Å². The Morgan fingerprint density at radius 2 is 2.00 bits per heavy atom. The van der Waals surface area contributed by atoms with Gasteiger partial charge in [0.15, 0.2) is 0 Å². The number of hydrogen-bond donors (Lipinski definition) is 2. The molecule has 1 aliphatic heterocycles. The molecule has 3 atom stereocenters. The Hall–Kier alpha value is -2.04. The summed E-state index contributed by atoms with van der Waals surface area (Å²) in [5, 5.41) is 6.28. The van der Waals surface area contributed by atoms with Crippen molar-refractivity contribution in [2.75, 3.05) is 11.9 Å². The van der Waals surface area contributed by atoms with Crippen LogP contribution in [0, 0.1) is 16.7 Å². The number of rotatable bonds is 2. The summed E-state index contributed by atoms with van der Waals surface area (Å²) < 4.78 is 0. The van der Waals surface area contributed by atoms with Crippen molar-refractivity contribution in [3.05, 3.63) is 29.3 Å². The quantitative estimate of drug-likeness (QED) is 0.830. The van der Waals surface area contributed by atoms with Crippen LogP contribution >= 0.6 is 0 Å². The normalized spacial score (nSPS) is 30.7. The fourth-order valence-electron chi connectivity index (χ4n) is 5.75. The molecule has 146 valence electrons. The van der Waals surface area contributed by atoms with Gasteiger partial charge in [-0.2, -0.15) is 0 Å². The summed E-state index contributed by atoms with van der Waals surface area (Å²) in [5.41, 5.74) is 3.65. The van der Waals surface area contributed by atoms with E-state index in [0.29, 0.717) is 18.5 Å². The molecule has 2 aliphatic carbocycles. The van der Waals surface area contributed by atoms with Crippen molar-refractivity contribution in [3.63, 3.8) is 0 Å². The van der Waals surface area contributed by atoms with E-state index < -0.39 is 0 Å². The van der Waals surface area contributed by atoms with Crippen molar-refractivity contribution in [2.24, 2.45) is 16.7 Å². The number of carbonyl (C=O) groups is 2. The lowest BCUT2D eigenvalue weighted by atomic mass is 9.69. The third-order valence-corrected chi connectivity index (χ3v) is 7.96. The molecule has 5 heteroatoms. The molecule has 0 unspecified atom stereocenters. The minimum atomic E-state index is -0.0595. The molecule has 27 heavy (non-hydrogen) atoms. The summed E-state index contributed by atoms with van der Waals surface area (Å²) in [7, 11) is 0. The van der Waals surface area contributed by atoms with Crippen molar-refractivity contribution in [3.8, 4) is 0 Å². The van der Waals surface area contributed by atoms with Crippen molar-refractivity contribution in [2.45, 2.75) is 66.0 Å². The van der Waals surface area contributed by atoms with Gasteiger partial charge in [-0.05, 0) is 59.6 Å². The van der Waals surface area contributed by atoms with Gasteiger partial charge in [0.2, 0.25) is 5.91 Å². The largest absolute Gasteiger partial charge is 0.335 e. The lowest BCUT2D eigenvalue weighted by Crippen LogP contribution is -2.52. The molecular weight excluding hydrogens is 338 g/mol. The molecule has 2 saturated carbocycles. The number of amides is 3. The third-order valence-electron chi connectivity index (χ3n) is 7.96. The highest BCUT2D eigenvalue weighted by atomic mass is 16.2. The molecule has 3 aliphatic rings. The highest BCUT2D eigenvalue weighted by molar-refractivity contribution is 5.90. The number of carbonyl (C=O) groups excluding carboxylic acids is 2. The summed E-state index contributed by atoms with van der Waals surface area (Å²) in [4.78, 5) is 26.3. The van der Waals surface area contributed by atoms with Crippen LogP contribution in [0.15, 0.2) is 18.2 Å². The summed E-state index contributed by atoms with van der Waals surface area (Å²) >= 11 is 0. The molecular formula is C22H31N3O2. The number of urea groups is 1. The van der Waals surface area contributed by atoms with Gasteiger partial charge in [-0.3, -0.25) is 4.79 Å². The van der Waals surface area contributed by atoms with Gasteiger partial charge in [-0.1, -0.05) is 32.9 Å². The van der Waals surface area contributed by atoms with Gasteiger partial charge in [0.1, 0.15) is 0 Å². The molecule has 2 fully saturated rings. The molecule has 0 radical (unpaired) electrons. The third kappa shape index (κ3) is 2.82. The van der Waals surface area contributed by atoms with E-state index in [1.54, 1.807) is 0 Å². The monoisotopic (exact) mass is 369 g/mol. The molecule has 0 aromatic heterocycles. The maximum absolute atomic E-state index is 13.0. The summed E-state index contributed by atoms with van der Waals surface area (Å²) in [6.07, 6.45) is 4.37. The zero-order valence-electron chi connectivity index (χ0n) is 16.9. The average molecular weight is 370 g/mol. The maximum atomic E-state index is 13.0. The SMILES string of the molecule is CC(=O)Nc1cccc2c1CCN(C(=O)N[C@@H]1C[C@H]3CC[C@@]1(C)C3(C)C)C2.